The lowest BCUT2D eigenvalue weighted by atomic mass is 10.1. The number of benzene rings is 2. The Balaban J connectivity index is 1.87. The average molecular weight is 554 g/mol. The molecule has 0 aliphatic carbocycles. The number of rotatable bonds is 10. The van der Waals surface area contributed by atoms with Crippen LogP contribution in [0.3, 0.4) is 0 Å². The van der Waals surface area contributed by atoms with E-state index < -0.39 is 38.2 Å². The Morgan fingerprint density at radius 2 is 1.97 bits per heavy atom. The van der Waals surface area contributed by atoms with Gasteiger partial charge in [0.25, 0.3) is 0 Å². The molecule has 0 bridgehead atoms. The minimum atomic E-state index is -4.72. The van der Waals surface area contributed by atoms with Gasteiger partial charge in [-0.3, -0.25) is 13.9 Å². The number of hydrogen-bond acceptors (Lipinski definition) is 8. The molecule has 192 valence electrons. The number of amides is 1. The molecule has 0 radical (unpaired) electrons. The summed E-state index contributed by atoms with van der Waals surface area (Å²) in [5.41, 5.74) is -0.710. The smallest absolute Gasteiger partial charge is 0.496 e. The number of carbonyl (C=O) groups excluding carboxylic acids is 2. The van der Waals surface area contributed by atoms with Gasteiger partial charge in [0, 0.05) is 21.5 Å². The molecule has 3 rings (SSSR count). The van der Waals surface area contributed by atoms with Gasteiger partial charge in [0.15, 0.2) is 5.66 Å². The van der Waals surface area contributed by atoms with Crippen LogP contribution in [0.25, 0.3) is 16.2 Å². The number of thiophene rings is 1. The van der Waals surface area contributed by atoms with E-state index in [4.69, 9.17) is 30.3 Å². The van der Waals surface area contributed by atoms with Crippen molar-refractivity contribution in [1.29, 1.82) is 0 Å². The first-order valence-electron chi connectivity index (χ1n) is 10.7. The third-order valence-electron chi connectivity index (χ3n) is 4.81. The molecule has 0 saturated heterocycles. The number of halogens is 1. The molecule has 0 aliphatic heterocycles. The molecule has 2 atom stereocenters. The molecule has 1 heterocycles. The highest BCUT2D eigenvalue weighted by Crippen LogP contribution is 2.58. The first-order chi connectivity index (χ1) is 17.1. The normalized spacial score (nSPS) is 13.9. The molecule has 9 nitrogen and oxygen atoms in total. The molecule has 12 heteroatoms. The molecular formula is C24H25ClNO8PS. The molecule has 0 saturated carbocycles. The summed E-state index contributed by atoms with van der Waals surface area (Å²) in [5.74, 6) is -0.226. The molecule has 36 heavy (non-hydrogen) atoms. The van der Waals surface area contributed by atoms with Gasteiger partial charge in [-0.05, 0) is 60.5 Å². The number of para-hydroxylation sites is 1. The van der Waals surface area contributed by atoms with Crippen molar-refractivity contribution in [1.82, 2.24) is 5.32 Å². The van der Waals surface area contributed by atoms with E-state index in [0.29, 0.717) is 21.7 Å². The Hall–Kier alpha value is -2.88. The summed E-state index contributed by atoms with van der Waals surface area (Å²) in [6, 6.07) is 12.2. The largest absolute Gasteiger partial charge is 0.510 e. The van der Waals surface area contributed by atoms with Crippen LogP contribution in [-0.2, 0) is 23.4 Å². The quantitative estimate of drug-likeness (QED) is 0.175. The Labute approximate surface area is 217 Å². The van der Waals surface area contributed by atoms with Crippen molar-refractivity contribution >= 4 is 58.8 Å². The lowest BCUT2D eigenvalue weighted by Gasteiger charge is -2.21. The maximum absolute atomic E-state index is 13.3. The van der Waals surface area contributed by atoms with Gasteiger partial charge >= 0.3 is 13.8 Å². The number of hydrogen-bond donors (Lipinski definition) is 2. The van der Waals surface area contributed by atoms with E-state index in [1.165, 1.54) is 24.6 Å². The first-order valence-corrected chi connectivity index (χ1v) is 13.6. The summed E-state index contributed by atoms with van der Waals surface area (Å²) in [6.45, 7) is 2.35. The number of ether oxygens (including phenoxy) is 3. The highest BCUT2D eigenvalue weighted by molar-refractivity contribution is 7.54. The molecule has 2 N–H and O–H groups in total. The topological polar surface area (TPSA) is 120 Å². The lowest BCUT2D eigenvalue weighted by Crippen LogP contribution is -2.26. The van der Waals surface area contributed by atoms with Crippen molar-refractivity contribution < 1.29 is 37.8 Å². The van der Waals surface area contributed by atoms with E-state index in [1.807, 2.05) is 0 Å². The van der Waals surface area contributed by atoms with Gasteiger partial charge in [-0.25, -0.2) is 4.79 Å². The second-order valence-corrected chi connectivity index (χ2v) is 10.9. The van der Waals surface area contributed by atoms with Crippen molar-refractivity contribution in [2.24, 2.45) is 0 Å². The zero-order valence-corrected chi connectivity index (χ0v) is 22.1. The van der Waals surface area contributed by atoms with E-state index >= 15 is 0 Å². The van der Waals surface area contributed by atoms with Gasteiger partial charge in [0.05, 0.1) is 13.2 Å². The predicted octanol–water partition coefficient (Wildman–Crippen LogP) is 6.11. The third-order valence-corrected chi connectivity index (χ3v) is 7.67. The maximum atomic E-state index is 13.3. The molecule has 0 fully saturated rings. The molecule has 0 spiro atoms. The van der Waals surface area contributed by atoms with Gasteiger partial charge in [-0.2, -0.15) is 0 Å². The Bertz CT molecular complexity index is 1310. The zero-order chi connectivity index (χ0) is 26.3. The summed E-state index contributed by atoms with van der Waals surface area (Å²) >= 11 is 7.41. The molecular weight excluding hydrogens is 529 g/mol. The van der Waals surface area contributed by atoms with E-state index in [-0.39, 0.29) is 5.56 Å². The minimum absolute atomic E-state index is 0.247. The van der Waals surface area contributed by atoms with Gasteiger partial charge in [-0.15, -0.1) is 11.3 Å². The molecule has 1 aromatic heterocycles. The fraction of sp³-hybridized carbons (Fsp3) is 0.250. The second-order valence-electron chi connectivity index (χ2n) is 7.69. The van der Waals surface area contributed by atoms with Crippen molar-refractivity contribution in [3.05, 3.63) is 70.2 Å². The van der Waals surface area contributed by atoms with Gasteiger partial charge in [-0.1, -0.05) is 29.8 Å². The van der Waals surface area contributed by atoms with Crippen molar-refractivity contribution in [3.8, 4) is 5.75 Å². The molecule has 0 aliphatic rings. The Kier molecular flexibility index (Phi) is 9.53. The van der Waals surface area contributed by atoms with E-state index in [1.54, 1.807) is 67.8 Å². The number of fused-ring (bicyclic) bond motifs is 1. The molecule has 3 aromatic rings. The monoisotopic (exact) mass is 553 g/mol. The first kappa shape index (κ1) is 27.7. The zero-order valence-electron chi connectivity index (χ0n) is 19.7. The standard InChI is InChI=1S/C24H25ClNO8PS/c1-15(2)34-24(28)32-14-33-35(29,30)22(19-13-36-21-9-8-17(25)12-18(19)21)23(27)26-11-10-16-6-4-5-7-20(16)31-3/h4-13,15,22H,14H2,1-3H3,(H,26,27)(H,29,30)/b11-10+. The maximum Gasteiger partial charge on any atom is 0.510 e. The molecule has 2 unspecified atom stereocenters. The second kappa shape index (κ2) is 12.4. The SMILES string of the molecule is COc1ccccc1/C=C/NC(=O)C(c1csc2ccc(Cl)cc12)P(=O)(O)OCOC(=O)OC(C)C. The van der Waals surface area contributed by atoms with Crippen LogP contribution in [0.15, 0.2) is 54.0 Å². The van der Waals surface area contributed by atoms with Crippen LogP contribution in [0.4, 0.5) is 4.79 Å². The number of carbonyl (C=O) groups is 2. The molecule has 2 aromatic carbocycles. The van der Waals surface area contributed by atoms with E-state index in [0.717, 1.165) is 4.70 Å². The number of nitrogens with one attached hydrogen (secondary N) is 1. The highest BCUT2D eigenvalue weighted by atomic mass is 35.5. The van der Waals surface area contributed by atoms with Crippen LogP contribution >= 0.6 is 30.5 Å². The third kappa shape index (κ3) is 7.09. The van der Waals surface area contributed by atoms with Crippen LogP contribution in [0.2, 0.25) is 5.02 Å². The van der Waals surface area contributed by atoms with E-state index in [9.17, 15) is 19.0 Å². The summed E-state index contributed by atoms with van der Waals surface area (Å²) in [7, 11) is -3.20. The summed E-state index contributed by atoms with van der Waals surface area (Å²) in [6.07, 6.45) is 1.41. The average Bonchev–Trinajstić information content (AvgIpc) is 3.21. The van der Waals surface area contributed by atoms with Crippen molar-refractivity contribution in [2.45, 2.75) is 25.6 Å². The van der Waals surface area contributed by atoms with Crippen LogP contribution in [0.1, 0.15) is 30.6 Å². The fourth-order valence-electron chi connectivity index (χ4n) is 3.25. The predicted molar refractivity (Wildman–Crippen MR) is 138 cm³/mol. The fourth-order valence-corrected chi connectivity index (χ4v) is 5.77. The summed E-state index contributed by atoms with van der Waals surface area (Å²) in [4.78, 5) is 35.6. The lowest BCUT2D eigenvalue weighted by molar-refractivity contribution is -0.120. The molecule has 1 amide bonds. The number of methoxy groups -OCH3 is 1. The van der Waals surface area contributed by atoms with Gasteiger partial charge < -0.3 is 24.4 Å². The van der Waals surface area contributed by atoms with E-state index in [2.05, 4.69) is 5.32 Å². The van der Waals surface area contributed by atoms with Gasteiger partial charge in [0.1, 0.15) is 5.75 Å². The van der Waals surface area contributed by atoms with Gasteiger partial charge in [0.2, 0.25) is 12.7 Å². The van der Waals surface area contributed by atoms with Crippen LogP contribution in [0, 0.1) is 0 Å². The van der Waals surface area contributed by atoms with Crippen molar-refractivity contribution in [3.63, 3.8) is 0 Å². The highest BCUT2D eigenvalue weighted by Gasteiger charge is 2.41. The van der Waals surface area contributed by atoms with Crippen LogP contribution < -0.4 is 10.1 Å². The Morgan fingerprint density at radius 3 is 2.69 bits per heavy atom. The van der Waals surface area contributed by atoms with Crippen molar-refractivity contribution in [2.75, 3.05) is 13.9 Å². The minimum Gasteiger partial charge on any atom is -0.496 e. The van der Waals surface area contributed by atoms with Crippen LogP contribution in [-0.4, -0.2) is 37.0 Å². The Morgan fingerprint density at radius 1 is 1.22 bits per heavy atom. The summed E-state index contributed by atoms with van der Waals surface area (Å²) in [5, 5.41) is 5.05. The van der Waals surface area contributed by atoms with Crippen LogP contribution in [0.5, 0.6) is 5.75 Å². The summed E-state index contributed by atoms with van der Waals surface area (Å²) < 4.78 is 33.9.